The molecule has 1 fully saturated rings. The molecule has 0 aliphatic carbocycles. The van der Waals surface area contributed by atoms with Gasteiger partial charge in [0.05, 0.1) is 23.2 Å². The zero-order valence-electron chi connectivity index (χ0n) is 22.0. The van der Waals surface area contributed by atoms with Gasteiger partial charge in [-0.05, 0) is 70.7 Å². The molecular weight excluding hydrogens is 650 g/mol. The summed E-state index contributed by atoms with van der Waals surface area (Å²) in [7, 11) is 1.39. The number of anilines is 1. The minimum absolute atomic E-state index is 0.108. The van der Waals surface area contributed by atoms with Gasteiger partial charge in [-0.3, -0.25) is 14.5 Å². The number of rotatable bonds is 7. The number of thioether (sulfide) groups is 1. The van der Waals surface area contributed by atoms with E-state index in [9.17, 15) is 19.8 Å². The van der Waals surface area contributed by atoms with E-state index in [4.69, 9.17) is 16.3 Å². The number of aliphatic hydroxyl groups is 1. The number of nitrogens with zero attached hydrogens (tertiary/aromatic N) is 3. The van der Waals surface area contributed by atoms with E-state index in [1.807, 2.05) is 50.2 Å². The lowest BCUT2D eigenvalue weighted by atomic mass is 9.93. The molecule has 2 N–H and O–H groups in total. The summed E-state index contributed by atoms with van der Waals surface area (Å²) in [4.78, 5) is 28.4. The number of aromatic nitrogens is 2. The van der Waals surface area contributed by atoms with Gasteiger partial charge >= 0.3 is 5.91 Å². The highest BCUT2D eigenvalue weighted by atomic mass is 79.9. The SMILES string of the molecule is COc1cc(C2/C(=C(\O)c3cc(C)ccc3C)C(=O)C(=O)N2c2nnc(SCc3ccccc3Cl)s2)cc(Br)c1O. The molecule has 0 bridgehead atoms. The van der Waals surface area contributed by atoms with Crippen LogP contribution in [0.1, 0.15) is 33.9 Å². The average Bonchev–Trinajstić information content (AvgIpc) is 3.52. The van der Waals surface area contributed by atoms with Crippen LogP contribution < -0.4 is 9.64 Å². The van der Waals surface area contributed by atoms with Crippen molar-refractivity contribution in [3.8, 4) is 11.5 Å². The summed E-state index contributed by atoms with van der Waals surface area (Å²) in [6, 6.07) is 15.0. The van der Waals surface area contributed by atoms with Crippen molar-refractivity contribution in [2.45, 2.75) is 30.0 Å². The number of methoxy groups -OCH3 is 1. The molecule has 210 valence electrons. The highest BCUT2D eigenvalue weighted by Crippen LogP contribution is 2.47. The largest absolute Gasteiger partial charge is 0.507 e. The molecule has 4 aromatic rings. The Kier molecular flexibility index (Phi) is 8.42. The number of hydrogen-bond donors (Lipinski definition) is 2. The van der Waals surface area contributed by atoms with E-state index in [0.717, 1.165) is 28.0 Å². The van der Waals surface area contributed by atoms with Crippen LogP contribution in [0.5, 0.6) is 11.5 Å². The minimum atomic E-state index is -1.07. The Balaban J connectivity index is 1.63. The van der Waals surface area contributed by atoms with Crippen molar-refractivity contribution in [3.05, 3.63) is 97.5 Å². The zero-order valence-corrected chi connectivity index (χ0v) is 26.0. The van der Waals surface area contributed by atoms with Crippen molar-refractivity contribution in [1.82, 2.24) is 10.2 Å². The first-order chi connectivity index (χ1) is 19.6. The maximum Gasteiger partial charge on any atom is 0.301 e. The standard InChI is InChI=1S/C29H23BrClN3O5S2/c1-14-8-9-15(2)18(10-14)24(35)22-23(17-11-19(30)25(36)21(12-17)39-3)34(27(38)26(22)37)28-32-33-29(41-28)40-13-16-6-4-5-7-20(16)31/h4-12,23,35-36H,13H2,1-3H3/b24-22+. The van der Waals surface area contributed by atoms with Gasteiger partial charge in [0, 0.05) is 16.3 Å². The molecular formula is C29H23BrClN3O5S2. The Morgan fingerprint density at radius 3 is 2.63 bits per heavy atom. The normalized spacial score (nSPS) is 16.4. The van der Waals surface area contributed by atoms with Gasteiger partial charge in [-0.1, -0.05) is 70.6 Å². The molecule has 0 spiro atoms. The lowest BCUT2D eigenvalue weighted by Crippen LogP contribution is -2.29. The number of ketones is 1. The van der Waals surface area contributed by atoms with Crippen LogP contribution in [0.3, 0.4) is 0 Å². The van der Waals surface area contributed by atoms with Crippen LogP contribution in [0, 0.1) is 13.8 Å². The quantitative estimate of drug-likeness (QED) is 0.0697. The maximum atomic E-state index is 13.6. The van der Waals surface area contributed by atoms with Crippen LogP contribution in [-0.2, 0) is 15.3 Å². The van der Waals surface area contributed by atoms with Gasteiger partial charge in [0.25, 0.3) is 5.78 Å². The van der Waals surface area contributed by atoms with Crippen LogP contribution in [0.2, 0.25) is 5.02 Å². The molecule has 1 aliphatic heterocycles. The second-order valence-electron chi connectivity index (χ2n) is 9.27. The highest BCUT2D eigenvalue weighted by Gasteiger charge is 2.49. The van der Waals surface area contributed by atoms with E-state index in [2.05, 4.69) is 26.1 Å². The van der Waals surface area contributed by atoms with Crippen LogP contribution in [-0.4, -0.2) is 39.2 Å². The zero-order chi connectivity index (χ0) is 29.4. The van der Waals surface area contributed by atoms with Gasteiger partial charge in [0.15, 0.2) is 15.8 Å². The number of phenolic OH excluding ortho intramolecular Hbond substituents is 1. The Morgan fingerprint density at radius 1 is 1.15 bits per heavy atom. The van der Waals surface area contributed by atoms with E-state index in [-0.39, 0.29) is 32.4 Å². The van der Waals surface area contributed by atoms with Crippen molar-refractivity contribution in [1.29, 1.82) is 0 Å². The third-order valence-electron chi connectivity index (χ3n) is 6.59. The molecule has 2 heterocycles. The Hall–Kier alpha value is -3.38. The molecule has 1 aromatic heterocycles. The summed E-state index contributed by atoms with van der Waals surface area (Å²) >= 11 is 12.2. The first-order valence-electron chi connectivity index (χ1n) is 12.3. The first kappa shape index (κ1) is 29.1. The Morgan fingerprint density at radius 2 is 1.90 bits per heavy atom. The molecule has 12 heteroatoms. The predicted octanol–water partition coefficient (Wildman–Crippen LogP) is 7.20. The van der Waals surface area contributed by atoms with Crippen molar-refractivity contribution in [2.24, 2.45) is 0 Å². The maximum absolute atomic E-state index is 13.6. The lowest BCUT2D eigenvalue weighted by Gasteiger charge is -2.23. The number of carbonyl (C=O) groups is 2. The Labute approximate surface area is 257 Å². The molecule has 0 radical (unpaired) electrons. The highest BCUT2D eigenvalue weighted by molar-refractivity contribution is 9.10. The fourth-order valence-electron chi connectivity index (χ4n) is 4.50. The fourth-order valence-corrected chi connectivity index (χ4v) is 7.11. The van der Waals surface area contributed by atoms with E-state index >= 15 is 0 Å². The molecule has 41 heavy (non-hydrogen) atoms. The van der Waals surface area contributed by atoms with Crippen molar-refractivity contribution < 1.29 is 24.5 Å². The summed E-state index contributed by atoms with van der Waals surface area (Å²) in [5.74, 6) is -1.51. The van der Waals surface area contributed by atoms with Crippen molar-refractivity contribution in [3.63, 3.8) is 0 Å². The summed E-state index contributed by atoms with van der Waals surface area (Å²) in [6.07, 6.45) is 0. The van der Waals surface area contributed by atoms with Gasteiger partial charge in [0.1, 0.15) is 5.76 Å². The summed E-state index contributed by atoms with van der Waals surface area (Å²) in [5.41, 5.74) is 3.27. The lowest BCUT2D eigenvalue weighted by molar-refractivity contribution is -0.132. The topological polar surface area (TPSA) is 113 Å². The molecule has 1 atom stereocenters. The number of phenols is 1. The number of halogens is 2. The van der Waals surface area contributed by atoms with Gasteiger partial charge in [0.2, 0.25) is 5.13 Å². The Bertz CT molecular complexity index is 1720. The van der Waals surface area contributed by atoms with Crippen LogP contribution >= 0.6 is 50.6 Å². The monoisotopic (exact) mass is 671 g/mol. The van der Waals surface area contributed by atoms with Gasteiger partial charge < -0.3 is 14.9 Å². The molecule has 1 aliphatic rings. The van der Waals surface area contributed by atoms with E-state index in [0.29, 0.717) is 26.2 Å². The summed E-state index contributed by atoms with van der Waals surface area (Å²) < 4.78 is 6.20. The smallest absolute Gasteiger partial charge is 0.301 e. The summed E-state index contributed by atoms with van der Waals surface area (Å²) in [5, 5.41) is 31.3. The van der Waals surface area contributed by atoms with Crippen LogP contribution in [0.4, 0.5) is 5.13 Å². The fraction of sp³-hybridized carbons (Fsp3) is 0.172. The van der Waals surface area contributed by atoms with Crippen LogP contribution in [0.25, 0.3) is 5.76 Å². The third-order valence-corrected chi connectivity index (χ3v) is 9.67. The van der Waals surface area contributed by atoms with Gasteiger partial charge in [-0.25, -0.2) is 0 Å². The van der Waals surface area contributed by atoms with Gasteiger partial charge in [-0.2, -0.15) is 0 Å². The number of aryl methyl sites for hydroxylation is 2. The molecule has 1 amide bonds. The number of aliphatic hydroxyl groups excluding tert-OH is 1. The minimum Gasteiger partial charge on any atom is -0.507 e. The predicted molar refractivity (Wildman–Crippen MR) is 164 cm³/mol. The van der Waals surface area contributed by atoms with Crippen LogP contribution in [0.15, 0.2) is 69.0 Å². The molecule has 8 nitrogen and oxygen atoms in total. The number of hydrogen-bond acceptors (Lipinski definition) is 9. The van der Waals surface area contributed by atoms with E-state index in [1.54, 1.807) is 12.1 Å². The second kappa shape index (κ2) is 11.8. The molecule has 5 rings (SSSR count). The molecule has 1 saturated heterocycles. The second-order valence-corrected chi connectivity index (χ2v) is 12.7. The first-order valence-corrected chi connectivity index (χ1v) is 15.2. The summed E-state index contributed by atoms with van der Waals surface area (Å²) in [6.45, 7) is 3.68. The number of aromatic hydroxyl groups is 1. The molecule has 0 saturated carbocycles. The third kappa shape index (κ3) is 5.59. The van der Waals surface area contributed by atoms with Crippen molar-refractivity contribution in [2.75, 3.05) is 12.0 Å². The van der Waals surface area contributed by atoms with Gasteiger partial charge in [-0.15, -0.1) is 10.2 Å². The molecule has 3 aromatic carbocycles. The van der Waals surface area contributed by atoms with E-state index in [1.165, 1.54) is 29.8 Å². The van der Waals surface area contributed by atoms with E-state index < -0.39 is 17.7 Å². The average molecular weight is 673 g/mol. The molecule has 1 unspecified atom stereocenters. The number of carbonyl (C=O) groups excluding carboxylic acids is 2. The number of ether oxygens (including phenoxy) is 1. The number of Topliss-reactive ketones (excluding diaryl/α,β-unsaturated/α-hetero) is 1. The number of benzene rings is 3. The number of amides is 1. The van der Waals surface area contributed by atoms with Crippen molar-refractivity contribution >= 4 is 73.2 Å².